The molecule has 1 atom stereocenters. The van der Waals surface area contributed by atoms with Crippen LogP contribution in [0.1, 0.15) is 6.42 Å². The summed E-state index contributed by atoms with van der Waals surface area (Å²) in [7, 11) is -3.26. The quantitative estimate of drug-likeness (QED) is 0.774. The van der Waals surface area contributed by atoms with Crippen LogP contribution in [0, 0.1) is 11.6 Å². The van der Waals surface area contributed by atoms with Crippen molar-refractivity contribution in [3.63, 3.8) is 0 Å². The monoisotopic (exact) mass is 348 g/mol. The summed E-state index contributed by atoms with van der Waals surface area (Å²) in [6.07, 6.45) is -0.501. The molecule has 1 aromatic rings. The molecule has 1 heterocycles. The van der Waals surface area contributed by atoms with Gasteiger partial charge in [0.25, 0.3) is 0 Å². The number of esters is 1. The standard InChI is InChI=1S/C13H14F2N2O5S/c1-22-12(18)7-11-13(19)16-2-3-17(11)23(20,21)10-5-8(14)4-9(15)6-10/h4-6,11H,2-3,7H2,1H3,(H,16,19)/t11-/m0/s1. The molecule has 126 valence electrons. The van der Waals surface area contributed by atoms with Crippen LogP contribution in [0.25, 0.3) is 0 Å². The number of halogens is 2. The Kier molecular flexibility index (Phi) is 4.95. The van der Waals surface area contributed by atoms with Gasteiger partial charge in [-0.25, -0.2) is 17.2 Å². The number of nitrogens with one attached hydrogen (secondary N) is 1. The van der Waals surface area contributed by atoms with Gasteiger partial charge in [0.15, 0.2) is 0 Å². The highest BCUT2D eigenvalue weighted by Gasteiger charge is 2.40. The maximum atomic E-state index is 13.3. The van der Waals surface area contributed by atoms with Gasteiger partial charge in [-0.05, 0) is 12.1 Å². The highest BCUT2D eigenvalue weighted by Crippen LogP contribution is 2.23. The van der Waals surface area contributed by atoms with Gasteiger partial charge in [0.1, 0.15) is 17.7 Å². The lowest BCUT2D eigenvalue weighted by Crippen LogP contribution is -2.57. The van der Waals surface area contributed by atoms with Crippen molar-refractivity contribution in [1.29, 1.82) is 0 Å². The minimum atomic E-state index is -4.36. The molecule has 1 N–H and O–H groups in total. The Morgan fingerprint density at radius 1 is 1.35 bits per heavy atom. The highest BCUT2D eigenvalue weighted by molar-refractivity contribution is 7.89. The number of nitrogens with zero attached hydrogens (tertiary/aromatic N) is 1. The summed E-state index contributed by atoms with van der Waals surface area (Å²) in [5.74, 6) is -3.58. The molecular weight excluding hydrogens is 334 g/mol. The highest BCUT2D eigenvalue weighted by atomic mass is 32.2. The third kappa shape index (κ3) is 3.64. The first-order chi connectivity index (χ1) is 10.8. The molecule has 0 saturated carbocycles. The van der Waals surface area contributed by atoms with Gasteiger partial charge in [0, 0.05) is 19.2 Å². The van der Waals surface area contributed by atoms with Crippen LogP contribution < -0.4 is 5.32 Å². The Balaban J connectivity index is 2.42. The number of methoxy groups -OCH3 is 1. The molecule has 0 bridgehead atoms. The van der Waals surface area contributed by atoms with E-state index in [4.69, 9.17) is 0 Å². The van der Waals surface area contributed by atoms with Gasteiger partial charge in [-0.1, -0.05) is 0 Å². The van der Waals surface area contributed by atoms with Gasteiger partial charge in [-0.15, -0.1) is 0 Å². The Bertz CT molecular complexity index is 718. The van der Waals surface area contributed by atoms with E-state index in [1.54, 1.807) is 0 Å². The molecule has 7 nitrogen and oxygen atoms in total. The van der Waals surface area contributed by atoms with Gasteiger partial charge in [-0.2, -0.15) is 4.31 Å². The van der Waals surface area contributed by atoms with Crippen molar-refractivity contribution >= 4 is 21.9 Å². The first-order valence-corrected chi connectivity index (χ1v) is 8.02. The van der Waals surface area contributed by atoms with Crippen LogP contribution in [0.5, 0.6) is 0 Å². The van der Waals surface area contributed by atoms with Crippen molar-refractivity contribution in [2.45, 2.75) is 17.4 Å². The van der Waals surface area contributed by atoms with Crippen LogP contribution in [0.2, 0.25) is 0 Å². The van der Waals surface area contributed by atoms with E-state index in [2.05, 4.69) is 10.1 Å². The van der Waals surface area contributed by atoms with Crippen molar-refractivity contribution in [2.75, 3.05) is 20.2 Å². The summed E-state index contributed by atoms with van der Waals surface area (Å²) in [5, 5.41) is 2.44. The van der Waals surface area contributed by atoms with E-state index >= 15 is 0 Å². The molecule has 1 fully saturated rings. The van der Waals surface area contributed by atoms with Crippen LogP contribution >= 0.6 is 0 Å². The number of hydrogen-bond acceptors (Lipinski definition) is 5. The Morgan fingerprint density at radius 2 is 1.96 bits per heavy atom. The molecule has 10 heteroatoms. The van der Waals surface area contributed by atoms with Gasteiger partial charge >= 0.3 is 5.97 Å². The van der Waals surface area contributed by atoms with Crippen LogP contribution in [0.4, 0.5) is 8.78 Å². The molecule has 0 unspecified atom stereocenters. The van der Waals surface area contributed by atoms with Crippen molar-refractivity contribution < 1.29 is 31.5 Å². The van der Waals surface area contributed by atoms with Crippen molar-refractivity contribution in [3.05, 3.63) is 29.8 Å². The molecule has 1 saturated heterocycles. The largest absolute Gasteiger partial charge is 0.469 e. The minimum Gasteiger partial charge on any atom is -0.469 e. The average Bonchev–Trinajstić information content (AvgIpc) is 2.48. The normalized spacial score (nSPS) is 19.3. The van der Waals surface area contributed by atoms with Gasteiger partial charge in [-0.3, -0.25) is 9.59 Å². The fraction of sp³-hybridized carbons (Fsp3) is 0.385. The summed E-state index contributed by atoms with van der Waals surface area (Å²) < 4.78 is 56.9. The number of benzene rings is 1. The Morgan fingerprint density at radius 3 is 2.52 bits per heavy atom. The number of rotatable bonds is 4. The number of carbonyl (C=O) groups is 2. The first kappa shape index (κ1) is 17.3. The molecule has 23 heavy (non-hydrogen) atoms. The fourth-order valence-electron chi connectivity index (χ4n) is 2.23. The van der Waals surface area contributed by atoms with Gasteiger partial charge < -0.3 is 10.1 Å². The topological polar surface area (TPSA) is 92.8 Å². The number of sulfonamides is 1. The van der Waals surface area contributed by atoms with E-state index < -0.39 is 50.9 Å². The summed E-state index contributed by atoms with van der Waals surface area (Å²) in [6.45, 7) is -0.110. The van der Waals surface area contributed by atoms with E-state index in [1.807, 2.05) is 0 Å². The van der Waals surface area contributed by atoms with E-state index in [1.165, 1.54) is 0 Å². The molecule has 1 aliphatic rings. The Hall–Kier alpha value is -2.07. The number of hydrogen-bond donors (Lipinski definition) is 1. The lowest BCUT2D eigenvalue weighted by atomic mass is 10.1. The molecule has 0 aliphatic carbocycles. The second-order valence-corrected chi connectivity index (χ2v) is 6.70. The van der Waals surface area contributed by atoms with Crippen molar-refractivity contribution in [1.82, 2.24) is 9.62 Å². The third-order valence-electron chi connectivity index (χ3n) is 3.31. The lowest BCUT2D eigenvalue weighted by molar-refractivity contribution is -0.144. The van der Waals surface area contributed by atoms with E-state index in [9.17, 15) is 26.8 Å². The first-order valence-electron chi connectivity index (χ1n) is 6.58. The predicted molar refractivity (Wildman–Crippen MR) is 73.7 cm³/mol. The molecule has 2 rings (SSSR count). The lowest BCUT2D eigenvalue weighted by Gasteiger charge is -2.33. The molecule has 0 spiro atoms. The SMILES string of the molecule is COC(=O)C[C@H]1C(=O)NCCN1S(=O)(=O)c1cc(F)cc(F)c1. The van der Waals surface area contributed by atoms with Crippen molar-refractivity contribution in [2.24, 2.45) is 0 Å². The maximum Gasteiger partial charge on any atom is 0.307 e. The zero-order valence-electron chi connectivity index (χ0n) is 12.1. The number of piperazine rings is 1. The zero-order valence-corrected chi connectivity index (χ0v) is 12.9. The maximum absolute atomic E-state index is 13.3. The number of ether oxygens (including phenoxy) is 1. The summed E-state index contributed by atoms with van der Waals surface area (Å²) in [6, 6.07) is 0.501. The predicted octanol–water partition coefficient (Wildman–Crippen LogP) is 0.0170. The van der Waals surface area contributed by atoms with Crippen LogP contribution in [0.15, 0.2) is 23.1 Å². The van der Waals surface area contributed by atoms with E-state index in [0.717, 1.165) is 11.4 Å². The molecule has 0 aromatic heterocycles. The zero-order chi connectivity index (χ0) is 17.2. The molecule has 0 radical (unpaired) electrons. The second-order valence-electron chi connectivity index (χ2n) is 4.81. The van der Waals surface area contributed by atoms with E-state index in [0.29, 0.717) is 18.2 Å². The summed E-state index contributed by atoms with van der Waals surface area (Å²) in [4.78, 5) is 22.7. The average molecular weight is 348 g/mol. The minimum absolute atomic E-state index is 0.0214. The van der Waals surface area contributed by atoms with Crippen LogP contribution in [-0.2, 0) is 24.3 Å². The number of amides is 1. The van der Waals surface area contributed by atoms with Gasteiger partial charge in [0.05, 0.1) is 18.4 Å². The molecule has 1 aliphatic heterocycles. The molecular formula is C13H14F2N2O5S. The third-order valence-corrected chi connectivity index (χ3v) is 5.20. The van der Waals surface area contributed by atoms with Gasteiger partial charge in [0.2, 0.25) is 15.9 Å². The molecule has 1 aromatic carbocycles. The molecule has 1 amide bonds. The van der Waals surface area contributed by atoms with Crippen LogP contribution in [0.3, 0.4) is 0 Å². The fourth-order valence-corrected chi connectivity index (χ4v) is 3.86. The summed E-state index contributed by atoms with van der Waals surface area (Å²) >= 11 is 0. The smallest absolute Gasteiger partial charge is 0.307 e. The van der Waals surface area contributed by atoms with E-state index in [-0.39, 0.29) is 13.1 Å². The number of carbonyl (C=O) groups excluding carboxylic acids is 2. The second kappa shape index (κ2) is 6.59. The summed E-state index contributed by atoms with van der Waals surface area (Å²) in [5.41, 5.74) is 0. The Labute approximate surface area is 131 Å². The van der Waals surface area contributed by atoms with Crippen molar-refractivity contribution in [3.8, 4) is 0 Å². The van der Waals surface area contributed by atoms with Crippen LogP contribution in [-0.4, -0.2) is 50.8 Å².